The van der Waals surface area contributed by atoms with E-state index in [0.717, 1.165) is 43.8 Å². The number of ether oxygens (including phenoxy) is 1. The number of carbonyl (C=O) groups excluding carboxylic acids is 1. The average Bonchev–Trinajstić information content (AvgIpc) is 3.10. The first-order valence-electron chi connectivity index (χ1n) is 9.93. The van der Waals surface area contributed by atoms with Gasteiger partial charge in [0.05, 0.1) is 7.11 Å². The quantitative estimate of drug-likeness (QED) is 0.785. The third-order valence-electron chi connectivity index (χ3n) is 6.20. The third-order valence-corrected chi connectivity index (χ3v) is 6.20. The van der Waals surface area contributed by atoms with Crippen LogP contribution in [0.25, 0.3) is 0 Å². The number of carbonyl (C=O) groups is 1. The number of benzene rings is 1. The minimum atomic E-state index is 0.0284. The van der Waals surface area contributed by atoms with Gasteiger partial charge in [-0.05, 0) is 68.5 Å². The second kappa shape index (κ2) is 9.04. The van der Waals surface area contributed by atoms with E-state index in [4.69, 9.17) is 4.74 Å². The van der Waals surface area contributed by atoms with Gasteiger partial charge in [-0.2, -0.15) is 0 Å². The molecule has 2 aliphatic rings. The Morgan fingerprint density at radius 1 is 1.15 bits per heavy atom. The maximum absolute atomic E-state index is 12.9. The van der Waals surface area contributed by atoms with E-state index in [1.165, 1.54) is 0 Å². The number of rotatable bonds is 6. The van der Waals surface area contributed by atoms with E-state index in [-0.39, 0.29) is 25.0 Å². The number of hydrogen-bond acceptors (Lipinski definition) is 5. The standard InChI is InChI=1S/C21H32N2O4/c1-15-9-17(3-4-20(15)27-2)21(26)23-11-18(19(12-23)14-25)10-22-7-5-16(13-24)6-8-22/h3-4,9,16,18-19,24-25H,5-8,10-14H2,1-2H3/t18-,19-/m1/s1. The first kappa shape index (κ1) is 20.1. The number of hydrogen-bond donors (Lipinski definition) is 2. The molecule has 0 spiro atoms. The molecule has 2 saturated heterocycles. The van der Waals surface area contributed by atoms with Crippen LogP contribution in [0.15, 0.2) is 18.2 Å². The predicted molar refractivity (Wildman–Crippen MR) is 104 cm³/mol. The normalized spacial score (nSPS) is 24.4. The lowest BCUT2D eigenvalue weighted by Crippen LogP contribution is -2.40. The highest BCUT2D eigenvalue weighted by atomic mass is 16.5. The molecule has 2 aliphatic heterocycles. The predicted octanol–water partition coefficient (Wildman–Crippen LogP) is 1.39. The highest BCUT2D eigenvalue weighted by Crippen LogP contribution is 2.28. The van der Waals surface area contributed by atoms with Gasteiger partial charge in [-0.1, -0.05) is 0 Å². The van der Waals surface area contributed by atoms with E-state index in [1.54, 1.807) is 7.11 Å². The molecule has 2 heterocycles. The summed E-state index contributed by atoms with van der Waals surface area (Å²) in [6.45, 7) is 6.53. The van der Waals surface area contributed by atoms with Crippen LogP contribution in [-0.4, -0.2) is 79.0 Å². The largest absolute Gasteiger partial charge is 0.496 e. The number of methoxy groups -OCH3 is 1. The van der Waals surface area contributed by atoms with Crippen LogP contribution in [0.2, 0.25) is 0 Å². The number of nitrogens with zero attached hydrogens (tertiary/aromatic N) is 2. The maximum atomic E-state index is 12.9. The Kier molecular flexibility index (Phi) is 6.73. The Hall–Kier alpha value is -1.63. The molecule has 2 N–H and O–H groups in total. The number of aliphatic hydroxyl groups excluding tert-OH is 2. The van der Waals surface area contributed by atoms with Crippen LogP contribution in [0.4, 0.5) is 0 Å². The van der Waals surface area contributed by atoms with Crippen molar-refractivity contribution in [1.29, 1.82) is 0 Å². The Balaban J connectivity index is 1.61. The molecule has 1 aromatic carbocycles. The molecule has 6 heteroatoms. The summed E-state index contributed by atoms with van der Waals surface area (Å²) in [5, 5.41) is 19.1. The first-order valence-corrected chi connectivity index (χ1v) is 9.93. The molecule has 150 valence electrons. The van der Waals surface area contributed by atoms with Crippen LogP contribution >= 0.6 is 0 Å². The SMILES string of the molecule is COc1ccc(C(=O)N2C[C@@H](CN3CCC(CO)CC3)[C@@H](CO)C2)cc1C. The van der Waals surface area contributed by atoms with Gasteiger partial charge in [0.25, 0.3) is 5.91 Å². The van der Waals surface area contributed by atoms with Crippen molar-refractivity contribution in [3.05, 3.63) is 29.3 Å². The molecule has 3 rings (SSSR count). The zero-order valence-corrected chi connectivity index (χ0v) is 16.4. The molecule has 0 saturated carbocycles. The fourth-order valence-corrected chi connectivity index (χ4v) is 4.40. The topological polar surface area (TPSA) is 73.2 Å². The molecular formula is C21H32N2O4. The molecule has 2 atom stereocenters. The van der Waals surface area contributed by atoms with Gasteiger partial charge in [0, 0.05) is 44.3 Å². The lowest BCUT2D eigenvalue weighted by atomic mass is 9.93. The van der Waals surface area contributed by atoms with Gasteiger partial charge in [-0.3, -0.25) is 4.79 Å². The van der Waals surface area contributed by atoms with E-state index < -0.39 is 0 Å². The summed E-state index contributed by atoms with van der Waals surface area (Å²) < 4.78 is 5.28. The van der Waals surface area contributed by atoms with Crippen LogP contribution in [-0.2, 0) is 0 Å². The van der Waals surface area contributed by atoms with Crippen LogP contribution in [0.3, 0.4) is 0 Å². The minimum Gasteiger partial charge on any atom is -0.496 e. The van der Waals surface area contributed by atoms with Gasteiger partial charge < -0.3 is 24.7 Å². The molecule has 0 bridgehead atoms. The average molecular weight is 376 g/mol. The van der Waals surface area contributed by atoms with Gasteiger partial charge in [-0.15, -0.1) is 0 Å². The molecule has 0 aromatic heterocycles. The molecule has 0 aliphatic carbocycles. The van der Waals surface area contributed by atoms with Gasteiger partial charge in [-0.25, -0.2) is 0 Å². The third kappa shape index (κ3) is 4.62. The molecule has 6 nitrogen and oxygen atoms in total. The van der Waals surface area contributed by atoms with Crippen LogP contribution in [0, 0.1) is 24.7 Å². The van der Waals surface area contributed by atoms with Crippen LogP contribution in [0.1, 0.15) is 28.8 Å². The highest BCUT2D eigenvalue weighted by Gasteiger charge is 2.36. The van der Waals surface area contributed by atoms with Crippen LogP contribution in [0.5, 0.6) is 5.75 Å². The van der Waals surface area contributed by atoms with E-state index >= 15 is 0 Å². The summed E-state index contributed by atoms with van der Waals surface area (Å²) in [5.74, 6) is 1.66. The smallest absolute Gasteiger partial charge is 0.253 e. The van der Waals surface area contributed by atoms with Crippen LogP contribution < -0.4 is 4.74 Å². The highest BCUT2D eigenvalue weighted by molar-refractivity contribution is 5.94. The van der Waals surface area contributed by atoms with Gasteiger partial charge >= 0.3 is 0 Å². The fraction of sp³-hybridized carbons (Fsp3) is 0.667. The zero-order chi connectivity index (χ0) is 19.4. The van der Waals surface area contributed by atoms with Gasteiger partial charge in [0.2, 0.25) is 0 Å². The number of piperidine rings is 1. The van der Waals surface area contributed by atoms with Crippen molar-refractivity contribution in [3.63, 3.8) is 0 Å². The van der Waals surface area contributed by atoms with Crippen molar-refractivity contribution < 1.29 is 19.7 Å². The van der Waals surface area contributed by atoms with Gasteiger partial charge in [0.15, 0.2) is 0 Å². The molecule has 27 heavy (non-hydrogen) atoms. The van der Waals surface area contributed by atoms with E-state index in [1.807, 2.05) is 30.0 Å². The monoisotopic (exact) mass is 376 g/mol. The lowest BCUT2D eigenvalue weighted by Gasteiger charge is -2.33. The minimum absolute atomic E-state index is 0.0284. The van der Waals surface area contributed by atoms with Crippen molar-refractivity contribution >= 4 is 5.91 Å². The number of likely N-dealkylation sites (tertiary alicyclic amines) is 2. The summed E-state index contributed by atoms with van der Waals surface area (Å²) >= 11 is 0. The Labute approximate surface area is 161 Å². The number of aryl methyl sites for hydroxylation is 1. The molecule has 0 radical (unpaired) electrons. The Morgan fingerprint density at radius 3 is 2.44 bits per heavy atom. The van der Waals surface area contributed by atoms with Gasteiger partial charge in [0.1, 0.15) is 5.75 Å². The second-order valence-electron chi connectivity index (χ2n) is 8.02. The van der Waals surface area contributed by atoms with E-state index in [0.29, 0.717) is 30.5 Å². The fourth-order valence-electron chi connectivity index (χ4n) is 4.40. The molecule has 1 amide bonds. The Bertz CT molecular complexity index is 643. The maximum Gasteiger partial charge on any atom is 0.253 e. The zero-order valence-electron chi connectivity index (χ0n) is 16.4. The summed E-state index contributed by atoms with van der Waals surface area (Å²) in [7, 11) is 1.63. The van der Waals surface area contributed by atoms with Crippen molar-refractivity contribution in [1.82, 2.24) is 9.80 Å². The second-order valence-corrected chi connectivity index (χ2v) is 8.02. The Morgan fingerprint density at radius 2 is 1.85 bits per heavy atom. The van der Waals surface area contributed by atoms with Crippen molar-refractivity contribution in [3.8, 4) is 5.75 Å². The number of amides is 1. The number of aliphatic hydroxyl groups is 2. The summed E-state index contributed by atoms with van der Waals surface area (Å²) in [6, 6.07) is 5.53. The molecule has 2 fully saturated rings. The summed E-state index contributed by atoms with van der Waals surface area (Å²) in [6.07, 6.45) is 2.06. The van der Waals surface area contributed by atoms with E-state index in [9.17, 15) is 15.0 Å². The van der Waals surface area contributed by atoms with Crippen molar-refractivity contribution in [2.75, 3.05) is 53.0 Å². The van der Waals surface area contributed by atoms with Crippen molar-refractivity contribution in [2.45, 2.75) is 19.8 Å². The first-order chi connectivity index (χ1) is 13.0. The summed E-state index contributed by atoms with van der Waals surface area (Å²) in [5.41, 5.74) is 1.62. The molecular weight excluding hydrogens is 344 g/mol. The van der Waals surface area contributed by atoms with E-state index in [2.05, 4.69) is 4.90 Å². The summed E-state index contributed by atoms with van der Waals surface area (Å²) in [4.78, 5) is 17.2. The lowest BCUT2D eigenvalue weighted by molar-refractivity contribution is 0.0776. The van der Waals surface area contributed by atoms with Crippen molar-refractivity contribution in [2.24, 2.45) is 17.8 Å². The molecule has 1 aromatic rings. The molecule has 0 unspecified atom stereocenters.